The van der Waals surface area contributed by atoms with Gasteiger partial charge < -0.3 is 24.4 Å². The summed E-state index contributed by atoms with van der Waals surface area (Å²) in [6.45, 7) is 3.16. The number of piperidine rings is 1. The van der Waals surface area contributed by atoms with E-state index in [1.807, 2.05) is 6.07 Å². The van der Waals surface area contributed by atoms with E-state index in [-0.39, 0.29) is 11.8 Å². The number of hydrogen-bond donors (Lipinski definition) is 2. The lowest BCUT2D eigenvalue weighted by atomic mass is 9.48. The molecule has 29 heavy (non-hydrogen) atoms. The summed E-state index contributed by atoms with van der Waals surface area (Å²) >= 11 is 0. The van der Waals surface area contributed by atoms with Crippen molar-refractivity contribution < 1.29 is 24.4 Å². The van der Waals surface area contributed by atoms with Crippen molar-refractivity contribution in [1.29, 1.82) is 0 Å². The van der Waals surface area contributed by atoms with Gasteiger partial charge in [-0.2, -0.15) is 0 Å². The van der Waals surface area contributed by atoms with E-state index in [0.29, 0.717) is 31.8 Å². The molecule has 2 saturated heterocycles. The molecule has 2 bridgehead atoms. The van der Waals surface area contributed by atoms with Crippen LogP contribution >= 0.6 is 0 Å². The highest BCUT2D eigenvalue weighted by atomic mass is 16.8. The van der Waals surface area contributed by atoms with E-state index >= 15 is 0 Å². The molecule has 6 aliphatic rings. The Balaban J connectivity index is 1.41. The van der Waals surface area contributed by atoms with Crippen molar-refractivity contribution in [3.8, 4) is 11.5 Å². The maximum atomic E-state index is 12.4. The van der Waals surface area contributed by atoms with Crippen LogP contribution in [0.5, 0.6) is 11.5 Å². The molecule has 4 atom stereocenters. The predicted octanol–water partition coefficient (Wildman–Crippen LogP) is 2.09. The maximum absolute atomic E-state index is 12.4. The number of rotatable bonds is 2. The molecular formula is C23H29NO5. The minimum atomic E-state index is -0.883. The summed E-state index contributed by atoms with van der Waals surface area (Å²) in [6.07, 6.45) is 6.48. The van der Waals surface area contributed by atoms with Crippen LogP contribution in [-0.2, 0) is 21.3 Å². The average Bonchev–Trinajstić information content (AvgIpc) is 3.28. The van der Waals surface area contributed by atoms with Crippen LogP contribution in [0.4, 0.5) is 0 Å². The van der Waals surface area contributed by atoms with Crippen LogP contribution < -0.4 is 4.74 Å². The van der Waals surface area contributed by atoms with Gasteiger partial charge in [0, 0.05) is 24.6 Å². The van der Waals surface area contributed by atoms with Crippen LogP contribution in [0.1, 0.15) is 49.7 Å². The molecule has 6 nitrogen and oxygen atoms in total. The third-order valence-corrected chi connectivity index (χ3v) is 9.07. The van der Waals surface area contributed by atoms with E-state index in [4.69, 9.17) is 14.2 Å². The number of ether oxygens (including phenoxy) is 3. The molecule has 1 aromatic rings. The van der Waals surface area contributed by atoms with Crippen molar-refractivity contribution in [3.63, 3.8) is 0 Å². The Morgan fingerprint density at radius 1 is 1.10 bits per heavy atom. The van der Waals surface area contributed by atoms with E-state index in [0.717, 1.165) is 37.4 Å². The second-order valence-electron chi connectivity index (χ2n) is 10.1. The van der Waals surface area contributed by atoms with Crippen molar-refractivity contribution in [2.45, 2.75) is 73.9 Å². The fourth-order valence-corrected chi connectivity index (χ4v) is 7.58. The number of phenols is 1. The van der Waals surface area contributed by atoms with Crippen LogP contribution in [0.25, 0.3) is 0 Å². The van der Waals surface area contributed by atoms with E-state index in [1.54, 1.807) is 6.07 Å². The summed E-state index contributed by atoms with van der Waals surface area (Å²) in [6, 6.07) is 3.88. The normalized spacial score (nSPS) is 41.8. The zero-order valence-corrected chi connectivity index (χ0v) is 16.7. The lowest BCUT2D eigenvalue weighted by Gasteiger charge is -2.65. The first kappa shape index (κ1) is 17.4. The highest BCUT2D eigenvalue weighted by Crippen LogP contribution is 2.68. The molecule has 2 saturated carbocycles. The van der Waals surface area contributed by atoms with Crippen LogP contribution in [0.2, 0.25) is 0 Å². The molecule has 2 N–H and O–H groups in total. The van der Waals surface area contributed by atoms with Crippen LogP contribution in [0.3, 0.4) is 0 Å². The van der Waals surface area contributed by atoms with Crippen LogP contribution in [-0.4, -0.2) is 65.0 Å². The first-order chi connectivity index (χ1) is 14.1. The molecule has 0 amide bonds. The molecular weight excluding hydrogens is 370 g/mol. The number of phenolic OH excluding ortho intramolecular Hbond substituents is 1. The lowest BCUT2D eigenvalue weighted by Crippen LogP contribution is -2.79. The Kier molecular flexibility index (Phi) is 3.27. The third-order valence-electron chi connectivity index (χ3n) is 9.07. The van der Waals surface area contributed by atoms with E-state index in [2.05, 4.69) is 4.90 Å². The summed E-state index contributed by atoms with van der Waals surface area (Å²) in [4.78, 5) is 2.56. The quantitative estimate of drug-likeness (QED) is 0.794. The van der Waals surface area contributed by atoms with Gasteiger partial charge in [-0.15, -0.1) is 0 Å². The molecule has 3 aliphatic heterocycles. The zero-order valence-electron chi connectivity index (χ0n) is 16.7. The van der Waals surface area contributed by atoms with Crippen molar-refractivity contribution >= 4 is 0 Å². The summed E-state index contributed by atoms with van der Waals surface area (Å²) < 4.78 is 18.8. The molecule has 0 aromatic heterocycles. The Bertz CT molecular complexity index is 878. The van der Waals surface area contributed by atoms with Crippen molar-refractivity contribution in [3.05, 3.63) is 23.3 Å². The Labute approximate surface area is 170 Å². The topological polar surface area (TPSA) is 71.4 Å². The number of aromatic hydroxyl groups is 1. The number of nitrogens with zero attached hydrogens (tertiary/aromatic N) is 1. The molecule has 3 aliphatic carbocycles. The smallest absolute Gasteiger partial charge is 0.207 e. The summed E-state index contributed by atoms with van der Waals surface area (Å²) in [5.41, 5.74) is 0.788. The van der Waals surface area contributed by atoms with E-state index in [1.165, 1.54) is 24.8 Å². The fourth-order valence-electron chi connectivity index (χ4n) is 7.58. The van der Waals surface area contributed by atoms with Crippen molar-refractivity contribution in [2.75, 3.05) is 26.3 Å². The second kappa shape index (κ2) is 5.47. The molecule has 7 rings (SSSR count). The van der Waals surface area contributed by atoms with Crippen molar-refractivity contribution in [1.82, 2.24) is 4.90 Å². The van der Waals surface area contributed by atoms with Gasteiger partial charge in [0.2, 0.25) is 5.79 Å². The van der Waals surface area contributed by atoms with Gasteiger partial charge in [-0.1, -0.05) is 12.5 Å². The number of fused-ring (bicyclic) bond motifs is 1. The highest BCUT2D eigenvalue weighted by Gasteiger charge is 2.77. The number of aliphatic hydroxyl groups is 1. The predicted molar refractivity (Wildman–Crippen MR) is 104 cm³/mol. The lowest BCUT2D eigenvalue weighted by molar-refractivity contribution is -0.297. The van der Waals surface area contributed by atoms with Crippen molar-refractivity contribution in [2.24, 2.45) is 5.92 Å². The van der Waals surface area contributed by atoms with Gasteiger partial charge in [-0.05, 0) is 56.2 Å². The SMILES string of the molecule is Oc1ccc2c3c1OC1C4(CCC5(O)C(C2)N(CC2CCC2)CCC315)OCCO4. The van der Waals surface area contributed by atoms with E-state index < -0.39 is 22.9 Å². The Morgan fingerprint density at radius 2 is 1.93 bits per heavy atom. The number of hydrogen-bond acceptors (Lipinski definition) is 6. The molecule has 4 fully saturated rings. The minimum absolute atomic E-state index is 0.0877. The van der Waals surface area contributed by atoms with Gasteiger partial charge in [0.15, 0.2) is 17.6 Å². The van der Waals surface area contributed by atoms with Gasteiger partial charge in [0.05, 0.1) is 24.2 Å². The van der Waals surface area contributed by atoms with Gasteiger partial charge >= 0.3 is 0 Å². The largest absolute Gasteiger partial charge is 0.504 e. The molecule has 6 heteroatoms. The summed E-state index contributed by atoms with van der Waals surface area (Å²) in [5, 5.41) is 23.0. The number of likely N-dealkylation sites (tertiary alicyclic amines) is 1. The molecule has 2 spiro atoms. The molecule has 0 radical (unpaired) electrons. The summed E-state index contributed by atoms with van der Waals surface area (Å²) in [5.74, 6) is 0.680. The highest BCUT2D eigenvalue weighted by molar-refractivity contribution is 5.62. The fraction of sp³-hybridized carbons (Fsp3) is 0.739. The standard InChI is InChI=1S/C23H29NO5/c25-16-5-4-15-12-17-22(26)6-7-23(27-10-11-28-23)20-21(22,18(15)19(16)29-20)8-9-24(17)13-14-2-1-3-14/h4-5,14,17,20,25-26H,1-3,6-13H2. The maximum Gasteiger partial charge on any atom is 0.207 e. The Hall–Kier alpha value is -1.34. The second-order valence-corrected chi connectivity index (χ2v) is 10.1. The summed E-state index contributed by atoms with van der Waals surface area (Å²) in [7, 11) is 0. The molecule has 1 aromatic carbocycles. The minimum Gasteiger partial charge on any atom is -0.504 e. The first-order valence-corrected chi connectivity index (χ1v) is 11.3. The monoisotopic (exact) mass is 399 g/mol. The van der Waals surface area contributed by atoms with Gasteiger partial charge in [0.1, 0.15) is 0 Å². The van der Waals surface area contributed by atoms with Gasteiger partial charge in [-0.25, -0.2) is 0 Å². The van der Waals surface area contributed by atoms with Gasteiger partial charge in [-0.3, -0.25) is 4.90 Å². The average molecular weight is 399 g/mol. The number of benzene rings is 1. The first-order valence-electron chi connectivity index (χ1n) is 11.3. The van der Waals surface area contributed by atoms with E-state index in [9.17, 15) is 10.2 Å². The molecule has 4 unspecified atom stereocenters. The zero-order chi connectivity index (χ0) is 19.4. The Morgan fingerprint density at radius 3 is 2.69 bits per heavy atom. The third kappa shape index (κ3) is 1.89. The molecule has 156 valence electrons. The van der Waals surface area contributed by atoms with Crippen LogP contribution in [0, 0.1) is 5.92 Å². The van der Waals surface area contributed by atoms with Gasteiger partial charge in [0.25, 0.3) is 0 Å². The molecule has 3 heterocycles. The van der Waals surface area contributed by atoms with Crippen LogP contribution in [0.15, 0.2) is 12.1 Å².